The molecule has 0 saturated heterocycles. The first-order valence-electron chi connectivity index (χ1n) is 10.3. The van der Waals surface area contributed by atoms with Crippen LogP contribution in [-0.2, 0) is 20.9 Å². The van der Waals surface area contributed by atoms with Crippen LogP contribution in [-0.4, -0.2) is 41.4 Å². The zero-order valence-corrected chi connectivity index (χ0v) is 19.1. The van der Waals surface area contributed by atoms with E-state index in [4.69, 9.17) is 16.3 Å². The number of carbonyl (C=O) groups is 3. The van der Waals surface area contributed by atoms with E-state index >= 15 is 0 Å². The van der Waals surface area contributed by atoms with Crippen molar-refractivity contribution in [3.05, 3.63) is 70.7 Å². The molecule has 0 aliphatic rings. The van der Waals surface area contributed by atoms with Crippen molar-refractivity contribution < 1.29 is 19.1 Å². The molecule has 1 atom stereocenters. The number of ether oxygens (including phenoxy) is 1. The third-order valence-electron chi connectivity index (χ3n) is 4.80. The van der Waals surface area contributed by atoms with Crippen LogP contribution in [0.2, 0.25) is 5.02 Å². The predicted molar refractivity (Wildman–Crippen MR) is 121 cm³/mol. The van der Waals surface area contributed by atoms with Crippen LogP contribution in [0.4, 0.5) is 0 Å². The zero-order valence-electron chi connectivity index (χ0n) is 18.3. The fourth-order valence-corrected chi connectivity index (χ4v) is 3.23. The molecule has 0 aliphatic carbocycles. The van der Waals surface area contributed by atoms with Gasteiger partial charge in [-0.25, -0.2) is 4.79 Å². The van der Waals surface area contributed by atoms with Gasteiger partial charge in [0.1, 0.15) is 6.04 Å². The molecule has 2 aromatic carbocycles. The molecular weight excluding hydrogens is 416 g/mol. The maximum atomic E-state index is 12.7. The highest BCUT2D eigenvalue weighted by Crippen LogP contribution is 2.16. The summed E-state index contributed by atoms with van der Waals surface area (Å²) < 4.78 is 5.29. The van der Waals surface area contributed by atoms with Crippen molar-refractivity contribution in [3.8, 4) is 0 Å². The first-order valence-corrected chi connectivity index (χ1v) is 10.6. The van der Waals surface area contributed by atoms with Gasteiger partial charge in [-0.15, -0.1) is 0 Å². The van der Waals surface area contributed by atoms with Crippen molar-refractivity contribution in [2.24, 2.45) is 5.92 Å². The third kappa shape index (κ3) is 7.10. The van der Waals surface area contributed by atoms with Gasteiger partial charge in [-0.1, -0.05) is 67.9 Å². The zero-order chi connectivity index (χ0) is 23.0. The molecule has 0 spiro atoms. The monoisotopic (exact) mass is 444 g/mol. The summed E-state index contributed by atoms with van der Waals surface area (Å²) >= 11 is 6.07. The van der Waals surface area contributed by atoms with E-state index in [9.17, 15) is 14.4 Å². The summed E-state index contributed by atoms with van der Waals surface area (Å²) in [6, 6.07) is 15.2. The van der Waals surface area contributed by atoms with Crippen molar-refractivity contribution >= 4 is 29.4 Å². The summed E-state index contributed by atoms with van der Waals surface area (Å²) in [6.45, 7) is 7.42. The minimum Gasteiger partial charge on any atom is -0.454 e. The van der Waals surface area contributed by atoms with E-state index in [1.54, 1.807) is 43.0 Å². The smallest absolute Gasteiger partial charge is 0.329 e. The van der Waals surface area contributed by atoms with Gasteiger partial charge in [0.05, 0.1) is 10.6 Å². The second-order valence-electron chi connectivity index (χ2n) is 7.88. The van der Waals surface area contributed by atoms with E-state index < -0.39 is 24.5 Å². The number of nitrogens with one attached hydrogen (secondary N) is 1. The molecule has 0 aromatic heterocycles. The van der Waals surface area contributed by atoms with E-state index in [0.717, 1.165) is 5.56 Å². The summed E-state index contributed by atoms with van der Waals surface area (Å²) in [5, 5.41) is 2.96. The van der Waals surface area contributed by atoms with E-state index in [1.807, 2.05) is 44.2 Å². The second kappa shape index (κ2) is 11.5. The van der Waals surface area contributed by atoms with Gasteiger partial charge in [-0.2, -0.15) is 0 Å². The lowest BCUT2D eigenvalue weighted by atomic mass is 10.0. The summed E-state index contributed by atoms with van der Waals surface area (Å²) in [6.07, 6.45) is 0. The summed E-state index contributed by atoms with van der Waals surface area (Å²) in [7, 11) is 0. The molecule has 0 fully saturated rings. The molecule has 2 rings (SSSR count). The van der Waals surface area contributed by atoms with Crippen LogP contribution in [0, 0.1) is 5.92 Å². The van der Waals surface area contributed by atoms with Crippen LogP contribution >= 0.6 is 11.6 Å². The Bertz CT molecular complexity index is 899. The molecule has 1 N–H and O–H groups in total. The number of halogens is 1. The van der Waals surface area contributed by atoms with E-state index in [1.165, 1.54) is 0 Å². The lowest BCUT2D eigenvalue weighted by Crippen LogP contribution is -2.47. The molecular formula is C24H29ClN2O4. The van der Waals surface area contributed by atoms with Gasteiger partial charge in [-0.05, 0) is 37.5 Å². The SMILES string of the molecule is CC(C)[C@H](NC(=O)c1ccccc1Cl)C(=O)OCC(=O)N(Cc1ccccc1)C(C)C. The Morgan fingerprint density at radius 1 is 0.968 bits per heavy atom. The van der Waals surface area contributed by atoms with Crippen LogP contribution in [0.25, 0.3) is 0 Å². The van der Waals surface area contributed by atoms with Crippen molar-refractivity contribution in [3.63, 3.8) is 0 Å². The number of carbonyl (C=O) groups excluding carboxylic acids is 3. The summed E-state index contributed by atoms with van der Waals surface area (Å²) in [4.78, 5) is 39.6. The average Bonchev–Trinajstić information content (AvgIpc) is 2.74. The quantitative estimate of drug-likeness (QED) is 0.591. The highest BCUT2D eigenvalue weighted by atomic mass is 35.5. The molecule has 0 unspecified atom stereocenters. The first-order chi connectivity index (χ1) is 14.7. The molecule has 2 amide bonds. The molecule has 31 heavy (non-hydrogen) atoms. The van der Waals surface area contributed by atoms with Gasteiger partial charge < -0.3 is 15.0 Å². The number of hydrogen-bond acceptors (Lipinski definition) is 4. The third-order valence-corrected chi connectivity index (χ3v) is 5.13. The maximum Gasteiger partial charge on any atom is 0.329 e. The number of esters is 1. The van der Waals surface area contributed by atoms with Crippen LogP contribution in [0.5, 0.6) is 0 Å². The molecule has 2 aromatic rings. The summed E-state index contributed by atoms with van der Waals surface area (Å²) in [5.74, 6) is -1.67. The Kier molecular flexibility index (Phi) is 9.06. The fourth-order valence-electron chi connectivity index (χ4n) is 3.01. The topological polar surface area (TPSA) is 75.7 Å². The van der Waals surface area contributed by atoms with Crippen LogP contribution in [0.15, 0.2) is 54.6 Å². The first kappa shape index (κ1) is 24.4. The highest BCUT2D eigenvalue weighted by Gasteiger charge is 2.28. The van der Waals surface area contributed by atoms with Gasteiger partial charge in [-0.3, -0.25) is 9.59 Å². The largest absolute Gasteiger partial charge is 0.454 e. The van der Waals surface area contributed by atoms with Gasteiger partial charge >= 0.3 is 5.97 Å². The second-order valence-corrected chi connectivity index (χ2v) is 8.29. The van der Waals surface area contributed by atoms with Crippen molar-refractivity contribution in [1.29, 1.82) is 0 Å². The summed E-state index contributed by atoms with van der Waals surface area (Å²) in [5.41, 5.74) is 1.26. The van der Waals surface area contributed by atoms with Crippen LogP contribution in [0.3, 0.4) is 0 Å². The molecule has 0 radical (unpaired) electrons. The molecule has 6 nitrogen and oxygen atoms in total. The lowest BCUT2D eigenvalue weighted by Gasteiger charge is -2.27. The minimum atomic E-state index is -0.904. The van der Waals surface area contributed by atoms with E-state index in [2.05, 4.69) is 5.32 Å². The lowest BCUT2D eigenvalue weighted by molar-refractivity contribution is -0.155. The van der Waals surface area contributed by atoms with Crippen molar-refractivity contribution in [2.75, 3.05) is 6.61 Å². The fraction of sp³-hybridized carbons (Fsp3) is 0.375. The number of rotatable bonds is 9. The maximum absolute atomic E-state index is 12.7. The Morgan fingerprint density at radius 3 is 2.16 bits per heavy atom. The van der Waals surface area contributed by atoms with Crippen molar-refractivity contribution in [2.45, 2.75) is 46.3 Å². The predicted octanol–water partition coefficient (Wildman–Crippen LogP) is 4.07. The molecule has 166 valence electrons. The van der Waals surface area contributed by atoms with Gasteiger partial charge in [0, 0.05) is 12.6 Å². The molecule has 0 saturated carbocycles. The van der Waals surface area contributed by atoms with E-state index in [-0.39, 0.29) is 23.4 Å². The van der Waals surface area contributed by atoms with Gasteiger partial charge in [0.25, 0.3) is 11.8 Å². The molecule has 0 bridgehead atoms. The number of benzene rings is 2. The Labute approximate surface area is 188 Å². The normalized spacial score (nSPS) is 11.8. The van der Waals surface area contributed by atoms with Crippen LogP contribution in [0.1, 0.15) is 43.6 Å². The number of hydrogen-bond donors (Lipinski definition) is 1. The van der Waals surface area contributed by atoms with Crippen LogP contribution < -0.4 is 5.32 Å². The van der Waals surface area contributed by atoms with E-state index in [0.29, 0.717) is 11.6 Å². The van der Waals surface area contributed by atoms with Crippen molar-refractivity contribution in [1.82, 2.24) is 10.2 Å². The minimum absolute atomic E-state index is 0.0628. The average molecular weight is 445 g/mol. The standard InChI is InChI=1S/C24H29ClN2O4/c1-16(2)22(26-23(29)19-12-8-9-13-20(19)25)24(30)31-15-21(28)27(17(3)4)14-18-10-6-5-7-11-18/h5-13,16-17,22H,14-15H2,1-4H3,(H,26,29)/t22-/m0/s1. The molecule has 7 heteroatoms. The van der Waals surface area contributed by atoms with Gasteiger partial charge in [0.15, 0.2) is 6.61 Å². The highest BCUT2D eigenvalue weighted by molar-refractivity contribution is 6.33. The Balaban J connectivity index is 2.00. The molecule has 0 aliphatic heterocycles. The Morgan fingerprint density at radius 2 is 1.58 bits per heavy atom. The Hall–Kier alpha value is -2.86. The molecule has 0 heterocycles. The van der Waals surface area contributed by atoms with Gasteiger partial charge in [0.2, 0.25) is 0 Å². The number of amides is 2. The number of nitrogens with zero attached hydrogens (tertiary/aromatic N) is 1.